The van der Waals surface area contributed by atoms with Gasteiger partial charge in [0.05, 0.1) is 11.9 Å². The van der Waals surface area contributed by atoms with Crippen molar-refractivity contribution in [3.05, 3.63) is 11.9 Å². The van der Waals surface area contributed by atoms with Crippen molar-refractivity contribution in [2.24, 2.45) is 0 Å². The van der Waals surface area contributed by atoms with Gasteiger partial charge in [0, 0.05) is 6.42 Å². The maximum atomic E-state index is 5.10. The van der Waals surface area contributed by atoms with E-state index in [-0.39, 0.29) is 0 Å². The van der Waals surface area contributed by atoms with Crippen molar-refractivity contribution in [2.75, 3.05) is 0 Å². The van der Waals surface area contributed by atoms with E-state index in [1.165, 1.54) is 0 Å². The van der Waals surface area contributed by atoms with E-state index in [0.29, 0.717) is 0 Å². The molecule has 0 aliphatic carbocycles. The van der Waals surface area contributed by atoms with Gasteiger partial charge in [-0.3, -0.25) is 0 Å². The topological polar surface area (TPSA) is 41.6 Å². The molecule has 0 saturated carbocycles. The predicted molar refractivity (Wildman–Crippen MR) is 42.8 cm³/mol. The number of hydrogen-bond acceptors (Lipinski definition) is 2. The summed E-state index contributed by atoms with van der Waals surface area (Å²) in [6.45, 7) is 0. The molecule has 0 aliphatic rings. The average Bonchev–Trinajstić information content (AvgIpc) is 2.50. The fourth-order valence-corrected chi connectivity index (χ4v) is 0.879. The molecule has 3 nitrogen and oxygen atoms in total. The lowest BCUT2D eigenvalue weighted by Gasteiger charge is -1.91. The summed E-state index contributed by atoms with van der Waals surface area (Å²) < 4.78 is 0. The molecule has 0 aromatic carbocycles. The van der Waals surface area contributed by atoms with Gasteiger partial charge in [-0.25, -0.2) is 0 Å². The summed E-state index contributed by atoms with van der Waals surface area (Å²) in [5.74, 6) is 2.60. The molecule has 1 rings (SSSR count). The maximum absolute atomic E-state index is 5.10. The first-order valence-corrected chi connectivity index (χ1v) is 3.71. The van der Waals surface area contributed by atoms with E-state index in [2.05, 4.69) is 21.3 Å². The molecule has 0 aliphatic heterocycles. The van der Waals surface area contributed by atoms with Gasteiger partial charge >= 0.3 is 0 Å². The molecule has 1 heterocycles. The lowest BCUT2D eigenvalue weighted by atomic mass is 10.2. The number of aromatic nitrogens is 3. The number of rotatable bonds is 4. The van der Waals surface area contributed by atoms with Gasteiger partial charge < -0.3 is 0 Å². The van der Waals surface area contributed by atoms with Crippen LogP contribution in [0.4, 0.5) is 0 Å². The highest BCUT2D eigenvalue weighted by Crippen LogP contribution is 2.00. The third-order valence-electron chi connectivity index (χ3n) is 1.47. The molecule has 0 fully saturated rings. The fourth-order valence-electron chi connectivity index (χ4n) is 0.879. The Morgan fingerprint density at radius 3 is 3.09 bits per heavy atom. The van der Waals surface area contributed by atoms with Gasteiger partial charge in [0.2, 0.25) is 0 Å². The molecule has 11 heavy (non-hydrogen) atoms. The minimum absolute atomic E-state index is 0.859. The van der Waals surface area contributed by atoms with Gasteiger partial charge in [0.1, 0.15) is 0 Å². The van der Waals surface area contributed by atoms with Crippen LogP contribution in [-0.2, 0) is 6.42 Å². The zero-order valence-electron chi connectivity index (χ0n) is 6.38. The van der Waals surface area contributed by atoms with E-state index in [0.717, 1.165) is 31.4 Å². The molecular weight excluding hydrogens is 138 g/mol. The first-order chi connectivity index (χ1) is 5.43. The summed E-state index contributed by atoms with van der Waals surface area (Å²) in [6.07, 6.45) is 10.8. The van der Waals surface area contributed by atoms with Crippen LogP contribution in [0.1, 0.15) is 25.0 Å². The molecule has 0 saturated heterocycles. The summed E-state index contributed by atoms with van der Waals surface area (Å²) in [5, 5.41) is 10.2. The number of unbranched alkanes of at least 4 members (excludes halogenated alkanes) is 2. The highest BCUT2D eigenvalue weighted by atomic mass is 15.3. The molecule has 0 radical (unpaired) electrons. The smallest absolute Gasteiger partial charge is 0.0824 e. The van der Waals surface area contributed by atoms with Gasteiger partial charge in [0.15, 0.2) is 0 Å². The Balaban J connectivity index is 2.10. The highest BCUT2D eigenvalue weighted by molar-refractivity contribution is 4.90. The molecule has 0 unspecified atom stereocenters. The van der Waals surface area contributed by atoms with Crippen LogP contribution in [0.15, 0.2) is 6.20 Å². The summed E-state index contributed by atoms with van der Waals surface area (Å²) in [6, 6.07) is 0. The third kappa shape index (κ3) is 2.85. The van der Waals surface area contributed by atoms with Crippen LogP contribution in [0.3, 0.4) is 0 Å². The Labute approximate surface area is 66.2 Å². The summed E-state index contributed by atoms with van der Waals surface area (Å²) in [5.41, 5.74) is 1.02. The number of H-pyrrole nitrogens is 1. The van der Waals surface area contributed by atoms with Crippen LogP contribution < -0.4 is 0 Å². The van der Waals surface area contributed by atoms with Crippen molar-refractivity contribution < 1.29 is 0 Å². The Morgan fingerprint density at radius 1 is 1.55 bits per heavy atom. The van der Waals surface area contributed by atoms with Crippen molar-refractivity contribution in [1.82, 2.24) is 15.4 Å². The summed E-state index contributed by atoms with van der Waals surface area (Å²) in [4.78, 5) is 0. The normalized spacial score (nSPS) is 9.36. The van der Waals surface area contributed by atoms with Crippen molar-refractivity contribution >= 4 is 0 Å². The third-order valence-corrected chi connectivity index (χ3v) is 1.47. The molecule has 1 aromatic rings. The van der Waals surface area contributed by atoms with Crippen LogP contribution >= 0.6 is 0 Å². The van der Waals surface area contributed by atoms with E-state index >= 15 is 0 Å². The maximum Gasteiger partial charge on any atom is 0.0824 e. The quantitative estimate of drug-likeness (QED) is 0.515. The predicted octanol–water partition coefficient (Wildman–Crippen LogP) is 1.15. The molecule has 1 N–H and O–H groups in total. The Morgan fingerprint density at radius 2 is 2.45 bits per heavy atom. The van der Waals surface area contributed by atoms with Crippen molar-refractivity contribution in [3.8, 4) is 12.3 Å². The first kappa shape index (κ1) is 7.80. The van der Waals surface area contributed by atoms with Gasteiger partial charge in [-0.15, -0.1) is 12.3 Å². The standard InChI is InChI=1S/C8H11N3/c1-2-3-4-5-6-8-7-9-11-10-8/h1,7H,3-6H2,(H,9,10,11). The largest absolute Gasteiger partial charge is 0.198 e. The van der Waals surface area contributed by atoms with Crippen LogP contribution in [0, 0.1) is 12.3 Å². The van der Waals surface area contributed by atoms with Gasteiger partial charge in [-0.1, -0.05) is 0 Å². The number of nitrogens with one attached hydrogen (secondary N) is 1. The monoisotopic (exact) mass is 149 g/mol. The van der Waals surface area contributed by atoms with E-state index in [9.17, 15) is 0 Å². The number of nitrogens with zero attached hydrogens (tertiary/aromatic N) is 2. The van der Waals surface area contributed by atoms with Crippen LogP contribution in [0.2, 0.25) is 0 Å². The van der Waals surface area contributed by atoms with Gasteiger partial charge in [-0.05, 0) is 19.3 Å². The van der Waals surface area contributed by atoms with Crippen LogP contribution in [-0.4, -0.2) is 15.4 Å². The van der Waals surface area contributed by atoms with Crippen molar-refractivity contribution in [3.63, 3.8) is 0 Å². The minimum Gasteiger partial charge on any atom is -0.198 e. The number of aromatic amines is 1. The molecular formula is C8H11N3. The lowest BCUT2D eigenvalue weighted by molar-refractivity contribution is 0.739. The van der Waals surface area contributed by atoms with E-state index in [1.807, 2.05) is 0 Å². The number of aryl methyl sites for hydroxylation is 1. The second kappa shape index (κ2) is 4.51. The molecule has 3 heteroatoms. The Kier molecular flexibility index (Phi) is 3.20. The zero-order chi connectivity index (χ0) is 7.94. The average molecular weight is 149 g/mol. The SMILES string of the molecule is C#CCCCCc1cn[nH]n1. The Hall–Kier alpha value is -1.30. The first-order valence-electron chi connectivity index (χ1n) is 3.71. The van der Waals surface area contributed by atoms with Crippen molar-refractivity contribution in [1.29, 1.82) is 0 Å². The lowest BCUT2D eigenvalue weighted by Crippen LogP contribution is -1.85. The molecule has 58 valence electrons. The fraction of sp³-hybridized carbons (Fsp3) is 0.500. The molecule has 0 spiro atoms. The van der Waals surface area contributed by atoms with Crippen LogP contribution in [0.25, 0.3) is 0 Å². The molecule has 0 amide bonds. The molecule has 0 atom stereocenters. The molecule has 1 aromatic heterocycles. The van der Waals surface area contributed by atoms with Gasteiger partial charge in [-0.2, -0.15) is 15.4 Å². The summed E-state index contributed by atoms with van der Waals surface area (Å²) in [7, 11) is 0. The van der Waals surface area contributed by atoms with Crippen LogP contribution in [0.5, 0.6) is 0 Å². The van der Waals surface area contributed by atoms with Crippen molar-refractivity contribution in [2.45, 2.75) is 25.7 Å². The molecule has 0 bridgehead atoms. The highest BCUT2D eigenvalue weighted by Gasteiger charge is 1.93. The zero-order valence-corrected chi connectivity index (χ0v) is 6.38. The number of terminal acetylenes is 1. The second-order valence-corrected chi connectivity index (χ2v) is 2.37. The van der Waals surface area contributed by atoms with E-state index in [1.54, 1.807) is 6.20 Å². The minimum atomic E-state index is 0.859. The van der Waals surface area contributed by atoms with Gasteiger partial charge in [0.25, 0.3) is 0 Å². The Bertz CT molecular complexity index is 220. The van der Waals surface area contributed by atoms with E-state index < -0.39 is 0 Å². The number of hydrogen-bond donors (Lipinski definition) is 1. The van der Waals surface area contributed by atoms with E-state index in [4.69, 9.17) is 6.42 Å². The summed E-state index contributed by atoms with van der Waals surface area (Å²) >= 11 is 0. The second-order valence-electron chi connectivity index (χ2n) is 2.37.